The molecule has 0 radical (unpaired) electrons. The zero-order valence-electron chi connectivity index (χ0n) is 15.7. The summed E-state index contributed by atoms with van der Waals surface area (Å²) in [5.41, 5.74) is 1.10. The number of fused-ring (bicyclic) bond motifs is 3. The van der Waals surface area contributed by atoms with E-state index in [9.17, 15) is 9.59 Å². The first-order chi connectivity index (χ1) is 12.0. The van der Waals surface area contributed by atoms with Crippen LogP contribution in [-0.2, 0) is 11.3 Å². The number of aliphatic imine (C=N–C) groups is 1. The van der Waals surface area contributed by atoms with Gasteiger partial charge in [0.25, 0.3) is 5.91 Å². The molecule has 1 saturated heterocycles. The van der Waals surface area contributed by atoms with E-state index in [1.165, 1.54) is 49.0 Å². The van der Waals surface area contributed by atoms with E-state index in [-0.39, 0.29) is 11.9 Å². The third kappa shape index (κ3) is 2.96. The lowest BCUT2D eigenvalue weighted by atomic mass is 10.1. The fourth-order valence-electron chi connectivity index (χ4n) is 3.64. The van der Waals surface area contributed by atoms with Crippen molar-refractivity contribution in [3.8, 4) is 0 Å². The van der Waals surface area contributed by atoms with Crippen molar-refractivity contribution in [2.75, 3.05) is 14.1 Å². The Morgan fingerprint density at radius 3 is 2.48 bits per heavy atom. The van der Waals surface area contributed by atoms with Crippen LogP contribution in [0.1, 0.15) is 57.2 Å². The Hall–Kier alpha value is -2.18. The second-order valence-corrected chi connectivity index (χ2v) is 7.01. The van der Waals surface area contributed by atoms with Crippen LogP contribution in [0.4, 0.5) is 10.7 Å². The number of nitrogens with zero attached hydrogens (tertiary/aromatic N) is 5. The molecule has 0 N–H and O–H groups in total. The topological polar surface area (TPSA) is 61.8 Å². The monoisotopic (exact) mass is 346 g/mol. The molecule has 136 valence electrons. The number of imide groups is 1. The summed E-state index contributed by atoms with van der Waals surface area (Å²) < 4.78 is 4.07. The Morgan fingerprint density at radius 2 is 1.76 bits per heavy atom. The molecule has 3 rings (SSSR count). The molecule has 0 aromatic carbocycles. The number of carbonyl (C=O) groups is 2. The Morgan fingerprint density at radius 1 is 1.08 bits per heavy atom. The molecule has 0 bridgehead atoms. The molecule has 2 aliphatic heterocycles. The normalized spacial score (nSPS) is 19.4. The maximum absolute atomic E-state index is 12.6. The largest absolute Gasteiger partial charge is 0.401 e. The van der Waals surface area contributed by atoms with Crippen LogP contribution in [0.25, 0.3) is 0 Å². The number of carbonyl (C=O) groups excluding carboxylic acids is 2. The van der Waals surface area contributed by atoms with Gasteiger partial charge in [0.15, 0.2) is 0 Å². The predicted octanol–water partition coefficient (Wildman–Crippen LogP) is 2.55. The van der Waals surface area contributed by atoms with Gasteiger partial charge in [-0.05, 0) is 13.3 Å². The number of hydrogen-bond donors (Lipinski definition) is 0. The number of hydrogen-bond acceptors (Lipinski definition) is 3. The third-order valence-corrected chi connectivity index (χ3v) is 5.18. The van der Waals surface area contributed by atoms with Crippen LogP contribution in [0, 0.1) is 6.92 Å². The fraction of sp³-hybridized carbons (Fsp3) is 0.667. The van der Waals surface area contributed by atoms with Gasteiger partial charge >= 0.3 is 12.0 Å². The van der Waals surface area contributed by atoms with Crippen molar-refractivity contribution in [3.05, 3.63) is 11.9 Å². The van der Waals surface area contributed by atoms with E-state index in [4.69, 9.17) is 0 Å². The van der Waals surface area contributed by atoms with Crippen molar-refractivity contribution >= 4 is 23.7 Å². The van der Waals surface area contributed by atoms with Crippen LogP contribution < -0.4 is 4.57 Å². The SMILES string of the molecule is CCCCCCCCn1c(C)c[n+]2c1N=C1C2C(=O)N(C)C(=O)N1C. The summed E-state index contributed by atoms with van der Waals surface area (Å²) in [7, 11) is 3.20. The smallest absolute Gasteiger partial charge is 0.270 e. The number of urea groups is 1. The minimum Gasteiger partial charge on any atom is -0.270 e. The average molecular weight is 346 g/mol. The summed E-state index contributed by atoms with van der Waals surface area (Å²) in [4.78, 5) is 32.0. The van der Waals surface area contributed by atoms with Gasteiger partial charge in [-0.15, -0.1) is 0 Å². The first-order valence-electron chi connectivity index (χ1n) is 9.22. The second kappa shape index (κ2) is 6.98. The van der Waals surface area contributed by atoms with Crippen LogP contribution in [0.2, 0.25) is 0 Å². The molecule has 3 heterocycles. The number of imidazole rings is 1. The maximum Gasteiger partial charge on any atom is 0.401 e. The summed E-state index contributed by atoms with van der Waals surface area (Å²) in [6, 6.07) is -0.850. The average Bonchev–Trinajstić information content (AvgIpc) is 3.10. The molecule has 1 unspecified atom stereocenters. The first kappa shape index (κ1) is 17.6. The molecule has 1 aromatic rings. The Bertz CT molecular complexity index is 721. The van der Waals surface area contributed by atoms with Crippen LogP contribution in [0.5, 0.6) is 0 Å². The zero-order chi connectivity index (χ0) is 18.1. The molecule has 1 fully saturated rings. The van der Waals surface area contributed by atoms with Crippen LogP contribution >= 0.6 is 0 Å². The number of aromatic nitrogens is 2. The van der Waals surface area contributed by atoms with Gasteiger partial charge in [0.05, 0.1) is 6.54 Å². The lowest BCUT2D eigenvalue weighted by Crippen LogP contribution is -2.61. The number of amides is 3. The Labute approximate surface area is 148 Å². The standard InChI is InChI=1S/C18H28N5O2/c1-5-6-7-8-9-10-11-22-13(2)12-23-14-15(19-17(22)23)20(3)18(25)21(4)16(14)24/h12,14H,5-11H2,1-4H3/q+1. The lowest BCUT2D eigenvalue weighted by molar-refractivity contribution is -0.677. The molecule has 1 aromatic heterocycles. The molecule has 1 atom stereocenters. The summed E-state index contributed by atoms with van der Waals surface area (Å²) in [6.45, 7) is 5.16. The van der Waals surface area contributed by atoms with Gasteiger partial charge in [0.1, 0.15) is 11.9 Å². The highest BCUT2D eigenvalue weighted by Gasteiger charge is 2.51. The Balaban J connectivity index is 1.77. The van der Waals surface area contributed by atoms with Crippen molar-refractivity contribution < 1.29 is 14.2 Å². The Kier molecular flexibility index (Phi) is 4.92. The van der Waals surface area contributed by atoms with Crippen molar-refractivity contribution in [1.29, 1.82) is 0 Å². The molecule has 25 heavy (non-hydrogen) atoms. The van der Waals surface area contributed by atoms with Crippen molar-refractivity contribution in [1.82, 2.24) is 14.4 Å². The summed E-state index contributed by atoms with van der Waals surface area (Å²) in [6.07, 6.45) is 9.41. The molecule has 0 spiro atoms. The first-order valence-corrected chi connectivity index (χ1v) is 9.22. The molecular formula is C18H28N5O2+. The van der Waals surface area contributed by atoms with Crippen molar-refractivity contribution in [2.24, 2.45) is 4.99 Å². The minimum absolute atomic E-state index is 0.220. The zero-order valence-corrected chi connectivity index (χ0v) is 15.7. The fourth-order valence-corrected chi connectivity index (χ4v) is 3.64. The highest BCUT2D eigenvalue weighted by atomic mass is 16.2. The van der Waals surface area contributed by atoms with Gasteiger partial charge in [-0.1, -0.05) is 44.0 Å². The molecule has 7 heteroatoms. The van der Waals surface area contributed by atoms with Crippen LogP contribution in [0.15, 0.2) is 11.2 Å². The van der Waals surface area contributed by atoms with E-state index >= 15 is 0 Å². The van der Waals surface area contributed by atoms with Crippen LogP contribution in [0.3, 0.4) is 0 Å². The molecule has 2 aliphatic rings. The minimum atomic E-state index is -0.521. The molecule has 0 aliphatic carbocycles. The van der Waals surface area contributed by atoms with Crippen molar-refractivity contribution in [2.45, 2.75) is 65.0 Å². The lowest BCUT2D eigenvalue weighted by Gasteiger charge is -2.30. The van der Waals surface area contributed by atoms with E-state index < -0.39 is 6.04 Å². The number of aryl methyl sites for hydroxylation is 1. The molecule has 0 saturated carbocycles. The highest BCUT2D eigenvalue weighted by molar-refractivity contribution is 6.18. The van der Waals surface area contributed by atoms with Gasteiger partial charge in [-0.2, -0.15) is 0 Å². The van der Waals surface area contributed by atoms with Gasteiger partial charge in [0, 0.05) is 14.1 Å². The second-order valence-electron chi connectivity index (χ2n) is 7.01. The molecule has 3 amide bonds. The van der Waals surface area contributed by atoms with Gasteiger partial charge in [0.2, 0.25) is 11.9 Å². The number of unbranched alkanes of at least 4 members (excludes halogenated alkanes) is 5. The van der Waals surface area contributed by atoms with E-state index in [1.807, 2.05) is 17.7 Å². The van der Waals surface area contributed by atoms with Gasteiger partial charge in [-0.25, -0.2) is 13.9 Å². The van der Waals surface area contributed by atoms with Crippen LogP contribution in [-0.4, -0.2) is 46.2 Å². The predicted molar refractivity (Wildman–Crippen MR) is 94.8 cm³/mol. The molecular weight excluding hydrogens is 318 g/mol. The molecule has 7 nitrogen and oxygen atoms in total. The third-order valence-electron chi connectivity index (χ3n) is 5.18. The quantitative estimate of drug-likeness (QED) is 0.563. The number of likely N-dealkylation sites (N-methyl/N-ethyl adjacent to an activating group) is 2. The number of rotatable bonds is 7. The number of amidine groups is 1. The highest BCUT2D eigenvalue weighted by Crippen LogP contribution is 2.28. The van der Waals surface area contributed by atoms with E-state index in [0.717, 1.165) is 24.6 Å². The summed E-state index contributed by atoms with van der Waals surface area (Å²) in [5.74, 6) is 1.08. The van der Waals surface area contributed by atoms with Crippen molar-refractivity contribution in [3.63, 3.8) is 0 Å². The summed E-state index contributed by atoms with van der Waals surface area (Å²) in [5, 5.41) is 0. The maximum atomic E-state index is 12.6. The van der Waals surface area contributed by atoms with E-state index in [1.54, 1.807) is 7.05 Å². The van der Waals surface area contributed by atoms with E-state index in [0.29, 0.717) is 5.84 Å². The van der Waals surface area contributed by atoms with Gasteiger partial charge in [-0.3, -0.25) is 14.6 Å². The van der Waals surface area contributed by atoms with E-state index in [2.05, 4.69) is 16.5 Å². The van der Waals surface area contributed by atoms with Gasteiger partial charge < -0.3 is 0 Å². The summed E-state index contributed by atoms with van der Waals surface area (Å²) >= 11 is 0.